The molecule has 3 rings (SSSR count). The number of nitrogens with zero attached hydrogens (tertiary/aromatic N) is 2. The number of nitrogens with one attached hydrogen (secondary N) is 2. The van der Waals surface area contributed by atoms with Crippen LogP contribution in [0, 0.1) is 5.92 Å². The van der Waals surface area contributed by atoms with Crippen molar-refractivity contribution in [1.29, 1.82) is 0 Å². The van der Waals surface area contributed by atoms with Gasteiger partial charge in [0, 0.05) is 31.2 Å². The fourth-order valence-electron chi connectivity index (χ4n) is 3.48. The third kappa shape index (κ3) is 4.25. The Kier molecular flexibility index (Phi) is 5.68. The van der Waals surface area contributed by atoms with Crippen LogP contribution in [0.1, 0.15) is 38.2 Å². The van der Waals surface area contributed by atoms with Crippen LogP contribution in [0.4, 0.5) is 0 Å². The van der Waals surface area contributed by atoms with Crippen molar-refractivity contribution in [2.75, 3.05) is 13.6 Å². The minimum atomic E-state index is 0.562. The van der Waals surface area contributed by atoms with Crippen LogP contribution < -0.4 is 10.6 Å². The van der Waals surface area contributed by atoms with Gasteiger partial charge in [0.25, 0.3) is 0 Å². The zero-order valence-corrected chi connectivity index (χ0v) is 14.8. The number of aromatic nitrogens is 1. The quantitative estimate of drug-likeness (QED) is 0.668. The van der Waals surface area contributed by atoms with E-state index in [0.29, 0.717) is 6.04 Å². The molecule has 1 aliphatic carbocycles. The Bertz CT molecular complexity index is 682. The number of hydrogen-bond donors (Lipinski definition) is 2. The van der Waals surface area contributed by atoms with Gasteiger partial charge >= 0.3 is 0 Å². The van der Waals surface area contributed by atoms with E-state index in [2.05, 4.69) is 51.8 Å². The van der Waals surface area contributed by atoms with Crippen molar-refractivity contribution in [2.24, 2.45) is 10.9 Å². The second-order valence-corrected chi connectivity index (χ2v) is 6.84. The fourth-order valence-corrected chi connectivity index (χ4v) is 3.48. The minimum Gasteiger partial charge on any atom is -0.356 e. The van der Waals surface area contributed by atoms with Crippen LogP contribution in [0.15, 0.2) is 41.5 Å². The summed E-state index contributed by atoms with van der Waals surface area (Å²) < 4.78 is 0. The molecular weight excluding hydrogens is 296 g/mol. The summed E-state index contributed by atoms with van der Waals surface area (Å²) >= 11 is 0. The lowest BCUT2D eigenvalue weighted by Crippen LogP contribution is -2.45. The maximum Gasteiger partial charge on any atom is 0.191 e. The van der Waals surface area contributed by atoms with Crippen molar-refractivity contribution in [3.63, 3.8) is 0 Å². The molecule has 0 atom stereocenters. The largest absolute Gasteiger partial charge is 0.356 e. The Morgan fingerprint density at radius 2 is 1.96 bits per heavy atom. The third-order valence-corrected chi connectivity index (χ3v) is 4.98. The first-order valence-corrected chi connectivity index (χ1v) is 9.06. The summed E-state index contributed by atoms with van der Waals surface area (Å²) in [5.74, 6) is 1.79. The molecule has 1 aromatic heterocycles. The molecule has 0 aliphatic heterocycles. The smallest absolute Gasteiger partial charge is 0.191 e. The second-order valence-electron chi connectivity index (χ2n) is 6.84. The highest BCUT2D eigenvalue weighted by molar-refractivity contribution is 5.82. The number of pyridine rings is 1. The first kappa shape index (κ1) is 16.7. The number of guanidine groups is 1. The lowest BCUT2D eigenvalue weighted by Gasteiger charge is -2.28. The number of hydrogen-bond acceptors (Lipinski definition) is 2. The van der Waals surface area contributed by atoms with Crippen LogP contribution in [0.25, 0.3) is 10.9 Å². The Morgan fingerprint density at radius 3 is 2.75 bits per heavy atom. The van der Waals surface area contributed by atoms with Crippen molar-refractivity contribution in [1.82, 2.24) is 15.6 Å². The van der Waals surface area contributed by atoms with Crippen LogP contribution in [0.3, 0.4) is 0 Å². The SMILES string of the molecule is CN=C(NCCc1cccc2cccnc12)NC1CCC(C)CC1. The van der Waals surface area contributed by atoms with E-state index in [-0.39, 0.29) is 0 Å². The monoisotopic (exact) mass is 324 g/mol. The molecule has 0 radical (unpaired) electrons. The molecule has 2 aromatic rings. The average Bonchev–Trinajstić information content (AvgIpc) is 2.63. The van der Waals surface area contributed by atoms with E-state index in [9.17, 15) is 0 Å². The zero-order chi connectivity index (χ0) is 16.8. The zero-order valence-electron chi connectivity index (χ0n) is 14.8. The predicted octanol–water partition coefficient (Wildman–Crippen LogP) is 3.52. The molecule has 4 nitrogen and oxygen atoms in total. The molecule has 4 heteroatoms. The maximum atomic E-state index is 4.53. The van der Waals surface area contributed by atoms with Crippen molar-refractivity contribution in [3.8, 4) is 0 Å². The molecule has 0 spiro atoms. The lowest BCUT2D eigenvalue weighted by atomic mass is 9.87. The Balaban J connectivity index is 1.52. The molecule has 1 heterocycles. The fraction of sp³-hybridized carbons (Fsp3) is 0.500. The van der Waals surface area contributed by atoms with Gasteiger partial charge in [-0.1, -0.05) is 31.2 Å². The summed E-state index contributed by atoms with van der Waals surface area (Å²) in [5, 5.41) is 8.23. The van der Waals surface area contributed by atoms with Crippen LogP contribution in [-0.2, 0) is 6.42 Å². The number of para-hydroxylation sites is 1. The van der Waals surface area contributed by atoms with E-state index in [1.807, 2.05) is 19.3 Å². The van der Waals surface area contributed by atoms with E-state index in [4.69, 9.17) is 0 Å². The molecule has 128 valence electrons. The normalized spacial score (nSPS) is 21.7. The standard InChI is InChI=1S/C20H28N4/c1-15-8-10-18(11-9-15)24-20(21-2)23-14-12-17-6-3-5-16-7-4-13-22-19(16)17/h3-7,13,15,18H,8-12,14H2,1-2H3,(H2,21,23,24). The van der Waals surface area contributed by atoms with E-state index < -0.39 is 0 Å². The topological polar surface area (TPSA) is 49.3 Å². The van der Waals surface area contributed by atoms with E-state index >= 15 is 0 Å². The van der Waals surface area contributed by atoms with Gasteiger partial charge in [0.1, 0.15) is 0 Å². The molecule has 0 unspecified atom stereocenters. The molecule has 0 bridgehead atoms. The van der Waals surface area contributed by atoms with Crippen molar-refractivity contribution in [3.05, 3.63) is 42.1 Å². The Morgan fingerprint density at radius 1 is 1.17 bits per heavy atom. The molecule has 1 fully saturated rings. The predicted molar refractivity (Wildman–Crippen MR) is 101 cm³/mol. The van der Waals surface area contributed by atoms with Crippen molar-refractivity contribution >= 4 is 16.9 Å². The van der Waals surface area contributed by atoms with Crippen LogP contribution in [-0.4, -0.2) is 30.6 Å². The molecule has 1 aromatic carbocycles. The average molecular weight is 324 g/mol. The second kappa shape index (κ2) is 8.13. The number of benzene rings is 1. The highest BCUT2D eigenvalue weighted by Crippen LogP contribution is 2.23. The summed E-state index contributed by atoms with van der Waals surface area (Å²) in [5.41, 5.74) is 2.38. The van der Waals surface area contributed by atoms with Gasteiger partial charge < -0.3 is 10.6 Å². The molecule has 1 saturated carbocycles. The van der Waals surface area contributed by atoms with E-state index in [0.717, 1.165) is 30.4 Å². The lowest BCUT2D eigenvalue weighted by molar-refractivity contribution is 0.329. The molecular formula is C20H28N4. The summed E-state index contributed by atoms with van der Waals surface area (Å²) in [7, 11) is 1.85. The summed E-state index contributed by atoms with van der Waals surface area (Å²) in [6.07, 6.45) is 7.93. The van der Waals surface area contributed by atoms with Gasteiger partial charge in [-0.3, -0.25) is 9.98 Å². The third-order valence-electron chi connectivity index (χ3n) is 4.98. The number of rotatable bonds is 4. The molecule has 0 amide bonds. The van der Waals surface area contributed by atoms with Gasteiger partial charge in [0.15, 0.2) is 5.96 Å². The maximum absolute atomic E-state index is 4.53. The van der Waals surface area contributed by atoms with Gasteiger partial charge in [-0.25, -0.2) is 0 Å². The first-order valence-electron chi connectivity index (χ1n) is 9.06. The van der Waals surface area contributed by atoms with Gasteiger partial charge in [-0.2, -0.15) is 0 Å². The van der Waals surface area contributed by atoms with E-state index in [1.165, 1.54) is 36.6 Å². The van der Waals surface area contributed by atoms with Crippen LogP contribution >= 0.6 is 0 Å². The van der Waals surface area contributed by atoms with Gasteiger partial charge in [0.05, 0.1) is 5.52 Å². The highest BCUT2D eigenvalue weighted by Gasteiger charge is 2.18. The highest BCUT2D eigenvalue weighted by atomic mass is 15.2. The number of aliphatic imine (C=N–C) groups is 1. The van der Waals surface area contributed by atoms with Gasteiger partial charge in [-0.15, -0.1) is 0 Å². The van der Waals surface area contributed by atoms with Crippen molar-refractivity contribution < 1.29 is 0 Å². The van der Waals surface area contributed by atoms with Crippen LogP contribution in [0.2, 0.25) is 0 Å². The van der Waals surface area contributed by atoms with Crippen molar-refractivity contribution in [2.45, 2.75) is 45.1 Å². The molecule has 0 saturated heterocycles. The van der Waals surface area contributed by atoms with Crippen LogP contribution in [0.5, 0.6) is 0 Å². The summed E-state index contributed by atoms with van der Waals surface area (Å²) in [4.78, 5) is 8.90. The number of fused-ring (bicyclic) bond motifs is 1. The Labute approximate surface area is 144 Å². The van der Waals surface area contributed by atoms with Gasteiger partial charge in [-0.05, 0) is 49.7 Å². The summed E-state index contributed by atoms with van der Waals surface area (Å²) in [6, 6.07) is 11.0. The molecule has 2 N–H and O–H groups in total. The summed E-state index contributed by atoms with van der Waals surface area (Å²) in [6.45, 7) is 3.21. The Hall–Kier alpha value is -2.10. The van der Waals surface area contributed by atoms with E-state index in [1.54, 1.807) is 0 Å². The minimum absolute atomic E-state index is 0.562. The molecule has 1 aliphatic rings. The first-order chi connectivity index (χ1) is 11.8. The molecule has 24 heavy (non-hydrogen) atoms. The van der Waals surface area contributed by atoms with Gasteiger partial charge in [0.2, 0.25) is 0 Å².